The monoisotopic (exact) mass is 277 g/mol. The normalized spacial score (nSPS) is 19.6. The predicted octanol–water partition coefficient (Wildman–Crippen LogP) is 2.69. The molecule has 0 aliphatic carbocycles. The summed E-state index contributed by atoms with van der Waals surface area (Å²) in [7, 11) is 0. The third-order valence-electron chi connectivity index (χ3n) is 4.01. The molecule has 2 N–H and O–H groups in total. The minimum absolute atomic E-state index is 0.144. The Hall–Kier alpha value is -1.06. The van der Waals surface area contributed by atoms with E-state index in [1.807, 2.05) is 0 Å². The van der Waals surface area contributed by atoms with E-state index in [9.17, 15) is 5.11 Å². The van der Waals surface area contributed by atoms with Crippen molar-refractivity contribution in [2.24, 2.45) is 5.41 Å². The third-order valence-corrected chi connectivity index (χ3v) is 4.01. The van der Waals surface area contributed by atoms with E-state index < -0.39 is 0 Å². The van der Waals surface area contributed by atoms with Gasteiger partial charge in [0.25, 0.3) is 0 Å². The van der Waals surface area contributed by atoms with E-state index in [1.54, 1.807) is 0 Å². The lowest BCUT2D eigenvalue weighted by molar-refractivity contribution is 0.168. The minimum Gasteiger partial charge on any atom is -0.488 e. The van der Waals surface area contributed by atoms with E-state index >= 15 is 0 Å². The highest BCUT2D eigenvalue weighted by Gasteiger charge is 2.27. The maximum atomic E-state index is 9.19. The Morgan fingerprint density at radius 3 is 2.80 bits per heavy atom. The van der Waals surface area contributed by atoms with Crippen molar-refractivity contribution in [3.05, 3.63) is 29.3 Å². The lowest BCUT2D eigenvalue weighted by Crippen LogP contribution is -2.45. The zero-order valence-electron chi connectivity index (χ0n) is 13.1. The van der Waals surface area contributed by atoms with Gasteiger partial charge in [0.2, 0.25) is 0 Å². The van der Waals surface area contributed by atoms with Crippen LogP contribution in [0.25, 0.3) is 0 Å². The van der Waals surface area contributed by atoms with Gasteiger partial charge in [0.05, 0.1) is 0 Å². The molecule has 0 spiro atoms. The summed E-state index contributed by atoms with van der Waals surface area (Å²) in [6.45, 7) is 9.77. The van der Waals surface area contributed by atoms with E-state index in [-0.39, 0.29) is 18.1 Å². The Morgan fingerprint density at radius 2 is 2.15 bits per heavy atom. The highest BCUT2D eigenvalue weighted by molar-refractivity contribution is 5.40. The van der Waals surface area contributed by atoms with Gasteiger partial charge < -0.3 is 15.2 Å². The molecular formula is C17H27NO2. The maximum absolute atomic E-state index is 9.19. The summed E-state index contributed by atoms with van der Waals surface area (Å²) in [5.74, 6) is 1.02. The first-order chi connectivity index (χ1) is 9.40. The van der Waals surface area contributed by atoms with E-state index in [0.717, 1.165) is 25.1 Å². The first-order valence-corrected chi connectivity index (χ1v) is 7.50. The van der Waals surface area contributed by atoms with Crippen molar-refractivity contribution in [2.45, 2.75) is 52.7 Å². The number of hydrogen-bond donors (Lipinski definition) is 2. The summed E-state index contributed by atoms with van der Waals surface area (Å²) in [6.07, 6.45) is 1.96. The minimum atomic E-state index is 0.144. The van der Waals surface area contributed by atoms with Gasteiger partial charge in [0.1, 0.15) is 11.9 Å². The first kappa shape index (κ1) is 15.3. The predicted molar refractivity (Wildman–Crippen MR) is 82.2 cm³/mol. The fraction of sp³-hybridized carbons (Fsp3) is 0.647. The zero-order chi connectivity index (χ0) is 14.8. The SMILES string of the molecule is Cc1ccc2c(c1)CC(CNC(CCO)C(C)(C)C)O2. The Labute approximate surface area is 122 Å². The third kappa shape index (κ3) is 3.74. The summed E-state index contributed by atoms with van der Waals surface area (Å²) in [6, 6.07) is 6.68. The zero-order valence-corrected chi connectivity index (χ0v) is 13.1. The number of aliphatic hydroxyl groups is 1. The van der Waals surface area contributed by atoms with Crippen molar-refractivity contribution in [2.75, 3.05) is 13.2 Å². The summed E-state index contributed by atoms with van der Waals surface area (Å²) >= 11 is 0. The molecule has 2 atom stereocenters. The molecular weight excluding hydrogens is 250 g/mol. The number of fused-ring (bicyclic) bond motifs is 1. The van der Waals surface area contributed by atoms with Crippen molar-refractivity contribution in [3.63, 3.8) is 0 Å². The topological polar surface area (TPSA) is 41.5 Å². The van der Waals surface area contributed by atoms with Crippen LogP contribution >= 0.6 is 0 Å². The molecule has 0 bridgehead atoms. The van der Waals surface area contributed by atoms with Crippen LogP contribution in [-0.4, -0.2) is 30.4 Å². The fourth-order valence-corrected chi connectivity index (χ4v) is 2.81. The van der Waals surface area contributed by atoms with Gasteiger partial charge >= 0.3 is 0 Å². The van der Waals surface area contributed by atoms with Gasteiger partial charge in [0, 0.05) is 25.6 Å². The highest BCUT2D eigenvalue weighted by Crippen LogP contribution is 2.29. The summed E-state index contributed by atoms with van der Waals surface area (Å²) in [5, 5.41) is 12.8. The van der Waals surface area contributed by atoms with Crippen LogP contribution in [0.4, 0.5) is 0 Å². The van der Waals surface area contributed by atoms with Crippen molar-refractivity contribution in [3.8, 4) is 5.75 Å². The largest absolute Gasteiger partial charge is 0.488 e. The molecule has 0 aromatic heterocycles. The number of aryl methyl sites for hydroxylation is 1. The fourth-order valence-electron chi connectivity index (χ4n) is 2.81. The number of nitrogens with one attached hydrogen (secondary N) is 1. The lowest BCUT2D eigenvalue weighted by atomic mass is 9.85. The molecule has 2 unspecified atom stereocenters. The van der Waals surface area contributed by atoms with Gasteiger partial charge in [-0.25, -0.2) is 0 Å². The van der Waals surface area contributed by atoms with E-state index in [2.05, 4.69) is 51.2 Å². The van der Waals surface area contributed by atoms with Crippen LogP contribution in [0.15, 0.2) is 18.2 Å². The first-order valence-electron chi connectivity index (χ1n) is 7.50. The summed E-state index contributed by atoms with van der Waals surface area (Å²) in [4.78, 5) is 0. The number of hydrogen-bond acceptors (Lipinski definition) is 3. The van der Waals surface area contributed by atoms with Crippen LogP contribution in [0.1, 0.15) is 38.3 Å². The van der Waals surface area contributed by atoms with Crippen LogP contribution in [0.2, 0.25) is 0 Å². The van der Waals surface area contributed by atoms with Gasteiger partial charge in [0.15, 0.2) is 0 Å². The molecule has 112 valence electrons. The van der Waals surface area contributed by atoms with Gasteiger partial charge in [-0.05, 0) is 30.4 Å². The second-order valence-corrected chi connectivity index (χ2v) is 6.89. The Kier molecular flexibility index (Phi) is 4.71. The Bertz CT molecular complexity index is 451. The summed E-state index contributed by atoms with van der Waals surface area (Å²) in [5.41, 5.74) is 2.74. The van der Waals surface area contributed by atoms with Crippen molar-refractivity contribution >= 4 is 0 Å². The van der Waals surface area contributed by atoms with Gasteiger partial charge in [-0.15, -0.1) is 0 Å². The number of rotatable bonds is 5. The molecule has 1 aromatic rings. The molecule has 1 aliphatic rings. The second-order valence-electron chi connectivity index (χ2n) is 6.89. The van der Waals surface area contributed by atoms with Gasteiger partial charge in [-0.1, -0.05) is 38.5 Å². The number of aliphatic hydroxyl groups excluding tert-OH is 1. The van der Waals surface area contributed by atoms with Crippen LogP contribution in [0.3, 0.4) is 0 Å². The molecule has 3 nitrogen and oxygen atoms in total. The molecule has 0 saturated heterocycles. The lowest BCUT2D eigenvalue weighted by Gasteiger charge is -2.32. The molecule has 0 fully saturated rings. The quantitative estimate of drug-likeness (QED) is 0.869. The van der Waals surface area contributed by atoms with Crippen LogP contribution in [-0.2, 0) is 6.42 Å². The van der Waals surface area contributed by atoms with Gasteiger partial charge in [-0.3, -0.25) is 0 Å². The molecule has 0 radical (unpaired) electrons. The van der Waals surface area contributed by atoms with Crippen LogP contribution in [0, 0.1) is 12.3 Å². The Balaban J connectivity index is 1.90. The number of ether oxygens (including phenoxy) is 1. The van der Waals surface area contributed by atoms with Crippen LogP contribution in [0.5, 0.6) is 5.75 Å². The second kappa shape index (κ2) is 6.15. The smallest absolute Gasteiger partial charge is 0.123 e. The molecule has 0 amide bonds. The molecule has 2 rings (SSSR count). The maximum Gasteiger partial charge on any atom is 0.123 e. The van der Waals surface area contributed by atoms with Crippen LogP contribution < -0.4 is 10.1 Å². The molecule has 3 heteroatoms. The summed E-state index contributed by atoms with van der Waals surface area (Å²) < 4.78 is 5.98. The van der Waals surface area contributed by atoms with E-state index in [0.29, 0.717) is 6.04 Å². The van der Waals surface area contributed by atoms with Crippen molar-refractivity contribution in [1.82, 2.24) is 5.32 Å². The van der Waals surface area contributed by atoms with Crippen molar-refractivity contribution in [1.29, 1.82) is 0 Å². The average molecular weight is 277 g/mol. The van der Waals surface area contributed by atoms with E-state index in [4.69, 9.17) is 4.74 Å². The molecule has 20 heavy (non-hydrogen) atoms. The van der Waals surface area contributed by atoms with Crippen molar-refractivity contribution < 1.29 is 9.84 Å². The Morgan fingerprint density at radius 1 is 1.40 bits per heavy atom. The molecule has 1 aliphatic heterocycles. The number of benzene rings is 1. The van der Waals surface area contributed by atoms with E-state index in [1.165, 1.54) is 11.1 Å². The molecule has 0 saturated carbocycles. The standard InChI is InChI=1S/C17H27NO2/c1-12-5-6-15-13(9-12)10-14(20-15)11-18-16(7-8-19)17(2,3)4/h5-6,9,14,16,18-19H,7-8,10-11H2,1-4H3. The molecule has 1 aromatic carbocycles. The van der Waals surface area contributed by atoms with Gasteiger partial charge in [-0.2, -0.15) is 0 Å². The highest BCUT2D eigenvalue weighted by atomic mass is 16.5. The molecule has 1 heterocycles. The average Bonchev–Trinajstić information content (AvgIpc) is 2.74.